The summed E-state index contributed by atoms with van der Waals surface area (Å²) in [6, 6.07) is 5.91. The Kier molecular flexibility index (Phi) is 3.53. The minimum absolute atomic E-state index is 0.0951. The highest BCUT2D eigenvalue weighted by atomic mass is 16.5. The first-order chi connectivity index (χ1) is 11.6. The third-order valence-electron chi connectivity index (χ3n) is 4.31. The minimum Gasteiger partial charge on any atom is -0.366 e. The van der Waals surface area contributed by atoms with Gasteiger partial charge in [-0.05, 0) is 19.1 Å². The number of amides is 1. The maximum atomic E-state index is 12.9. The first kappa shape index (κ1) is 14.8. The van der Waals surface area contributed by atoms with Gasteiger partial charge in [0, 0.05) is 19.0 Å². The van der Waals surface area contributed by atoms with Crippen LogP contribution in [0, 0.1) is 6.92 Å². The lowest BCUT2D eigenvalue weighted by Crippen LogP contribution is -2.43. The molecule has 0 saturated carbocycles. The Morgan fingerprint density at radius 2 is 2.29 bits per heavy atom. The molecule has 1 amide bonds. The van der Waals surface area contributed by atoms with Crippen molar-refractivity contribution in [2.24, 2.45) is 7.05 Å². The standard InChI is InChI=1S/C16H18N6O2/c1-10-3-4-12-11(7-10)14(19-18-12)16(23)22-5-6-24-13(8-22)15-20-17-9-21(15)2/h3-4,7,9,13H,5-6,8H2,1-2H3,(H,18,19)/t13-/m1/s1. The van der Waals surface area contributed by atoms with Crippen molar-refractivity contribution in [2.75, 3.05) is 19.7 Å². The van der Waals surface area contributed by atoms with Gasteiger partial charge in [-0.25, -0.2) is 0 Å². The molecule has 3 aromatic rings. The maximum absolute atomic E-state index is 12.9. The molecule has 0 unspecified atom stereocenters. The van der Waals surface area contributed by atoms with Crippen molar-refractivity contribution in [1.82, 2.24) is 29.9 Å². The molecular weight excluding hydrogens is 308 g/mol. The van der Waals surface area contributed by atoms with Crippen LogP contribution < -0.4 is 0 Å². The number of hydrogen-bond donors (Lipinski definition) is 1. The molecule has 124 valence electrons. The van der Waals surface area contributed by atoms with E-state index in [1.165, 1.54) is 0 Å². The van der Waals surface area contributed by atoms with Crippen molar-refractivity contribution in [2.45, 2.75) is 13.0 Å². The first-order valence-corrected chi connectivity index (χ1v) is 7.83. The van der Waals surface area contributed by atoms with Crippen LogP contribution in [0.3, 0.4) is 0 Å². The molecule has 1 fully saturated rings. The Labute approximate surface area is 138 Å². The van der Waals surface area contributed by atoms with Crippen LogP contribution in [0.4, 0.5) is 0 Å². The van der Waals surface area contributed by atoms with Gasteiger partial charge in [-0.2, -0.15) is 5.10 Å². The Hall–Kier alpha value is -2.74. The van der Waals surface area contributed by atoms with Gasteiger partial charge in [0.15, 0.2) is 11.5 Å². The van der Waals surface area contributed by atoms with Crippen LogP contribution >= 0.6 is 0 Å². The van der Waals surface area contributed by atoms with Gasteiger partial charge in [0.05, 0.1) is 18.7 Å². The van der Waals surface area contributed by atoms with E-state index >= 15 is 0 Å². The number of aromatic amines is 1. The minimum atomic E-state index is -0.276. The zero-order valence-corrected chi connectivity index (χ0v) is 13.6. The van der Waals surface area contributed by atoms with Gasteiger partial charge in [0.1, 0.15) is 12.4 Å². The fourth-order valence-corrected chi connectivity index (χ4v) is 3.01. The van der Waals surface area contributed by atoms with Crippen LogP contribution in [0.5, 0.6) is 0 Å². The van der Waals surface area contributed by atoms with Crippen LogP contribution in [0.2, 0.25) is 0 Å². The quantitative estimate of drug-likeness (QED) is 0.765. The molecule has 0 radical (unpaired) electrons. The van der Waals surface area contributed by atoms with Gasteiger partial charge in [-0.15, -0.1) is 10.2 Å². The first-order valence-electron chi connectivity index (χ1n) is 7.83. The molecule has 0 spiro atoms. The fraction of sp³-hybridized carbons (Fsp3) is 0.375. The maximum Gasteiger partial charge on any atom is 0.275 e. The number of rotatable bonds is 2. The molecule has 0 bridgehead atoms. The molecule has 24 heavy (non-hydrogen) atoms. The molecule has 1 aliphatic rings. The van der Waals surface area contributed by atoms with Crippen LogP contribution in [0.25, 0.3) is 10.9 Å². The monoisotopic (exact) mass is 326 g/mol. The molecule has 3 heterocycles. The Morgan fingerprint density at radius 3 is 3.08 bits per heavy atom. The Balaban J connectivity index is 1.61. The number of aryl methyl sites for hydroxylation is 2. The van der Waals surface area contributed by atoms with E-state index in [-0.39, 0.29) is 12.0 Å². The smallest absolute Gasteiger partial charge is 0.275 e. The van der Waals surface area contributed by atoms with Gasteiger partial charge in [0.2, 0.25) is 0 Å². The molecular formula is C16H18N6O2. The summed E-state index contributed by atoms with van der Waals surface area (Å²) in [6.45, 7) is 3.43. The van der Waals surface area contributed by atoms with E-state index in [4.69, 9.17) is 4.74 Å². The molecule has 1 aliphatic heterocycles. The zero-order chi connectivity index (χ0) is 16.7. The van der Waals surface area contributed by atoms with Crippen LogP contribution in [-0.4, -0.2) is 55.5 Å². The van der Waals surface area contributed by atoms with Gasteiger partial charge < -0.3 is 14.2 Å². The number of nitrogens with zero attached hydrogens (tertiary/aromatic N) is 5. The van der Waals surface area contributed by atoms with Crippen molar-refractivity contribution in [3.8, 4) is 0 Å². The summed E-state index contributed by atoms with van der Waals surface area (Å²) in [7, 11) is 1.86. The second kappa shape index (κ2) is 5.72. The van der Waals surface area contributed by atoms with Crippen molar-refractivity contribution in [3.05, 3.63) is 41.6 Å². The number of fused-ring (bicyclic) bond motifs is 1. The van der Waals surface area contributed by atoms with Gasteiger partial charge >= 0.3 is 0 Å². The molecule has 0 aliphatic carbocycles. The molecule has 8 nitrogen and oxygen atoms in total. The van der Waals surface area contributed by atoms with E-state index in [9.17, 15) is 4.79 Å². The summed E-state index contributed by atoms with van der Waals surface area (Å²) in [5, 5.41) is 16.0. The lowest BCUT2D eigenvalue weighted by atomic mass is 10.1. The third-order valence-corrected chi connectivity index (χ3v) is 4.31. The Morgan fingerprint density at radius 1 is 1.42 bits per heavy atom. The van der Waals surface area contributed by atoms with Crippen molar-refractivity contribution in [1.29, 1.82) is 0 Å². The summed E-state index contributed by atoms with van der Waals surface area (Å²) in [4.78, 5) is 14.7. The van der Waals surface area contributed by atoms with E-state index in [2.05, 4.69) is 20.4 Å². The van der Waals surface area contributed by atoms with E-state index in [1.54, 1.807) is 11.2 Å². The van der Waals surface area contributed by atoms with Crippen molar-refractivity contribution >= 4 is 16.8 Å². The second-order valence-corrected chi connectivity index (χ2v) is 6.03. The summed E-state index contributed by atoms with van der Waals surface area (Å²) >= 11 is 0. The van der Waals surface area contributed by atoms with Crippen LogP contribution in [0.1, 0.15) is 28.0 Å². The number of hydrogen-bond acceptors (Lipinski definition) is 5. The lowest BCUT2D eigenvalue weighted by Gasteiger charge is -2.31. The molecule has 1 saturated heterocycles. The molecule has 1 N–H and O–H groups in total. The van der Waals surface area contributed by atoms with E-state index < -0.39 is 0 Å². The topological polar surface area (TPSA) is 88.9 Å². The van der Waals surface area contributed by atoms with Crippen LogP contribution in [0.15, 0.2) is 24.5 Å². The SMILES string of the molecule is Cc1ccc2[nH]nc(C(=O)N3CCO[C@@H](c4nncn4C)C3)c2c1. The molecule has 8 heteroatoms. The van der Waals surface area contributed by atoms with E-state index in [0.717, 1.165) is 22.3 Å². The number of carbonyl (C=O) groups is 1. The largest absolute Gasteiger partial charge is 0.366 e. The zero-order valence-electron chi connectivity index (χ0n) is 13.6. The number of carbonyl (C=O) groups excluding carboxylic acids is 1. The lowest BCUT2D eigenvalue weighted by molar-refractivity contribution is -0.0282. The number of benzene rings is 1. The van der Waals surface area contributed by atoms with Gasteiger partial charge in [-0.3, -0.25) is 9.89 Å². The fourth-order valence-electron chi connectivity index (χ4n) is 3.01. The Bertz CT molecular complexity index is 899. The molecule has 1 aromatic carbocycles. The number of nitrogens with one attached hydrogen (secondary N) is 1. The summed E-state index contributed by atoms with van der Waals surface area (Å²) in [5.74, 6) is 0.623. The predicted octanol–water partition coefficient (Wildman–Crippen LogP) is 1.21. The highest BCUT2D eigenvalue weighted by Gasteiger charge is 2.30. The van der Waals surface area contributed by atoms with E-state index in [1.807, 2.05) is 36.7 Å². The summed E-state index contributed by atoms with van der Waals surface area (Å²) < 4.78 is 7.57. The van der Waals surface area contributed by atoms with Gasteiger partial charge in [-0.1, -0.05) is 11.6 Å². The number of morpholine rings is 1. The third kappa shape index (κ3) is 2.44. The van der Waals surface area contributed by atoms with E-state index in [0.29, 0.717) is 25.4 Å². The summed E-state index contributed by atoms with van der Waals surface area (Å²) in [5.41, 5.74) is 2.41. The van der Waals surface area contributed by atoms with Crippen molar-refractivity contribution in [3.63, 3.8) is 0 Å². The molecule has 4 rings (SSSR count). The number of aromatic nitrogens is 5. The molecule has 1 atom stereocenters. The summed E-state index contributed by atoms with van der Waals surface area (Å²) in [6.07, 6.45) is 1.35. The number of ether oxygens (including phenoxy) is 1. The highest BCUT2D eigenvalue weighted by Crippen LogP contribution is 2.23. The van der Waals surface area contributed by atoms with Gasteiger partial charge in [0.25, 0.3) is 5.91 Å². The number of H-pyrrole nitrogens is 1. The average Bonchev–Trinajstić information content (AvgIpc) is 3.20. The van der Waals surface area contributed by atoms with Crippen molar-refractivity contribution < 1.29 is 9.53 Å². The highest BCUT2D eigenvalue weighted by molar-refractivity contribution is 6.04. The normalized spacial score (nSPS) is 18.2. The second-order valence-electron chi connectivity index (χ2n) is 6.03. The van der Waals surface area contributed by atoms with Crippen LogP contribution in [-0.2, 0) is 11.8 Å². The average molecular weight is 326 g/mol. The molecule has 2 aromatic heterocycles. The predicted molar refractivity (Wildman–Crippen MR) is 86.4 cm³/mol.